The van der Waals surface area contributed by atoms with Crippen LogP contribution >= 0.6 is 0 Å². The number of hydrogen-bond acceptors (Lipinski definition) is 4. The minimum Gasteiger partial charge on any atom is -0.507 e. The molecule has 108 valence electrons. The number of nitrogens with zero attached hydrogens (tertiary/aromatic N) is 2. The molecule has 6 heteroatoms. The molecule has 1 fully saturated rings. The van der Waals surface area contributed by atoms with Gasteiger partial charge in [0.25, 0.3) is 5.91 Å². The van der Waals surface area contributed by atoms with Crippen molar-refractivity contribution in [2.75, 3.05) is 32.7 Å². The van der Waals surface area contributed by atoms with Crippen LogP contribution in [0.15, 0.2) is 24.3 Å². The molecule has 1 heterocycles. The second-order valence-corrected chi connectivity index (χ2v) is 4.79. The number of carboxylic acids is 1. The third kappa shape index (κ3) is 3.48. The van der Waals surface area contributed by atoms with Crippen molar-refractivity contribution in [3.8, 4) is 5.75 Å². The second kappa shape index (κ2) is 6.38. The van der Waals surface area contributed by atoms with Crippen molar-refractivity contribution in [1.29, 1.82) is 0 Å². The van der Waals surface area contributed by atoms with Crippen LogP contribution in [-0.2, 0) is 4.79 Å². The predicted molar refractivity (Wildman–Crippen MR) is 72.7 cm³/mol. The Labute approximate surface area is 117 Å². The van der Waals surface area contributed by atoms with Gasteiger partial charge in [0.15, 0.2) is 0 Å². The Balaban J connectivity index is 1.89. The lowest BCUT2D eigenvalue weighted by molar-refractivity contribution is -0.137. The normalized spacial score (nSPS) is 16.1. The highest BCUT2D eigenvalue weighted by molar-refractivity contribution is 5.96. The van der Waals surface area contributed by atoms with Crippen LogP contribution < -0.4 is 0 Å². The summed E-state index contributed by atoms with van der Waals surface area (Å²) in [6, 6.07) is 6.50. The number of amides is 1. The van der Waals surface area contributed by atoms with Crippen LogP contribution in [0.5, 0.6) is 5.75 Å². The highest BCUT2D eigenvalue weighted by atomic mass is 16.4. The van der Waals surface area contributed by atoms with Crippen molar-refractivity contribution in [3.63, 3.8) is 0 Å². The lowest BCUT2D eigenvalue weighted by Gasteiger charge is -2.34. The van der Waals surface area contributed by atoms with E-state index in [1.54, 1.807) is 23.1 Å². The van der Waals surface area contributed by atoms with Gasteiger partial charge in [-0.05, 0) is 12.1 Å². The fraction of sp³-hybridized carbons (Fsp3) is 0.429. The molecule has 6 nitrogen and oxygen atoms in total. The molecule has 0 atom stereocenters. The zero-order chi connectivity index (χ0) is 14.5. The number of carbonyl (C=O) groups excluding carboxylic acids is 1. The molecule has 0 aliphatic carbocycles. The van der Waals surface area contributed by atoms with Gasteiger partial charge in [0.2, 0.25) is 0 Å². The van der Waals surface area contributed by atoms with Crippen LogP contribution in [0.1, 0.15) is 16.8 Å². The van der Waals surface area contributed by atoms with Gasteiger partial charge in [0.05, 0.1) is 12.0 Å². The Morgan fingerprint density at radius 1 is 1.10 bits per heavy atom. The minimum atomic E-state index is -0.808. The van der Waals surface area contributed by atoms with Gasteiger partial charge in [-0.1, -0.05) is 12.1 Å². The number of carboxylic acid groups (broad SMARTS) is 1. The first-order valence-electron chi connectivity index (χ1n) is 6.59. The second-order valence-electron chi connectivity index (χ2n) is 4.79. The molecule has 0 radical (unpaired) electrons. The van der Waals surface area contributed by atoms with E-state index in [4.69, 9.17) is 5.11 Å². The van der Waals surface area contributed by atoms with Crippen LogP contribution in [0.4, 0.5) is 0 Å². The number of benzene rings is 1. The van der Waals surface area contributed by atoms with Crippen LogP contribution in [0.2, 0.25) is 0 Å². The number of para-hydroxylation sites is 1. The van der Waals surface area contributed by atoms with Crippen molar-refractivity contribution >= 4 is 11.9 Å². The van der Waals surface area contributed by atoms with Gasteiger partial charge in [0.1, 0.15) is 5.75 Å². The van der Waals surface area contributed by atoms with Crippen LogP contribution in [0.3, 0.4) is 0 Å². The molecule has 1 aliphatic heterocycles. The summed E-state index contributed by atoms with van der Waals surface area (Å²) in [4.78, 5) is 26.5. The van der Waals surface area contributed by atoms with E-state index in [0.717, 1.165) is 0 Å². The van der Waals surface area contributed by atoms with E-state index in [0.29, 0.717) is 38.3 Å². The molecule has 0 bridgehead atoms. The quantitative estimate of drug-likeness (QED) is 0.844. The number of phenolic OH excluding ortho intramolecular Hbond substituents is 1. The smallest absolute Gasteiger partial charge is 0.304 e. The fourth-order valence-electron chi connectivity index (χ4n) is 2.25. The molecule has 2 rings (SSSR count). The fourth-order valence-corrected chi connectivity index (χ4v) is 2.25. The van der Waals surface area contributed by atoms with Gasteiger partial charge in [-0.3, -0.25) is 14.5 Å². The molecule has 1 aliphatic rings. The number of piperazine rings is 1. The van der Waals surface area contributed by atoms with E-state index in [1.165, 1.54) is 6.07 Å². The predicted octanol–water partition coefficient (Wildman–Crippen LogP) is 0.625. The number of phenols is 1. The highest BCUT2D eigenvalue weighted by Gasteiger charge is 2.23. The number of aromatic hydroxyl groups is 1. The van der Waals surface area contributed by atoms with Crippen LogP contribution in [0, 0.1) is 0 Å². The van der Waals surface area contributed by atoms with E-state index in [2.05, 4.69) is 0 Å². The summed E-state index contributed by atoms with van der Waals surface area (Å²) in [6.45, 7) is 2.92. The van der Waals surface area contributed by atoms with Gasteiger partial charge in [0, 0.05) is 32.7 Å². The van der Waals surface area contributed by atoms with Gasteiger partial charge < -0.3 is 15.1 Å². The van der Waals surface area contributed by atoms with E-state index in [1.807, 2.05) is 4.90 Å². The molecule has 0 aromatic heterocycles. The topological polar surface area (TPSA) is 81.1 Å². The lowest BCUT2D eigenvalue weighted by atomic mass is 10.1. The molecule has 1 aromatic rings. The van der Waals surface area contributed by atoms with Crippen molar-refractivity contribution in [3.05, 3.63) is 29.8 Å². The lowest BCUT2D eigenvalue weighted by Crippen LogP contribution is -2.49. The number of aliphatic carboxylic acids is 1. The molecule has 0 saturated carbocycles. The summed E-state index contributed by atoms with van der Waals surface area (Å²) in [6.07, 6.45) is 0.118. The molecule has 1 aromatic carbocycles. The first-order chi connectivity index (χ1) is 9.58. The minimum absolute atomic E-state index is 0.00851. The molecule has 1 amide bonds. The molecular weight excluding hydrogens is 260 g/mol. The van der Waals surface area contributed by atoms with E-state index >= 15 is 0 Å². The summed E-state index contributed by atoms with van der Waals surface area (Å²) >= 11 is 0. The summed E-state index contributed by atoms with van der Waals surface area (Å²) in [5.41, 5.74) is 0.312. The average Bonchev–Trinajstić information content (AvgIpc) is 2.45. The molecule has 0 unspecified atom stereocenters. The van der Waals surface area contributed by atoms with Gasteiger partial charge >= 0.3 is 5.97 Å². The maximum atomic E-state index is 12.2. The van der Waals surface area contributed by atoms with Gasteiger partial charge in [-0.2, -0.15) is 0 Å². The van der Waals surface area contributed by atoms with Gasteiger partial charge in [-0.15, -0.1) is 0 Å². The Kier molecular flexibility index (Phi) is 4.57. The van der Waals surface area contributed by atoms with Crippen molar-refractivity contribution < 1.29 is 19.8 Å². The number of rotatable bonds is 4. The standard InChI is InChI=1S/C14H18N2O4/c17-12-4-2-1-3-11(12)14(20)16-9-7-15(8-10-16)6-5-13(18)19/h1-4,17H,5-10H2,(H,18,19). The van der Waals surface area contributed by atoms with Crippen molar-refractivity contribution in [2.24, 2.45) is 0 Å². The Morgan fingerprint density at radius 3 is 2.35 bits per heavy atom. The van der Waals surface area contributed by atoms with Crippen molar-refractivity contribution in [1.82, 2.24) is 9.80 Å². The number of hydrogen-bond donors (Lipinski definition) is 2. The molecule has 2 N–H and O–H groups in total. The first-order valence-corrected chi connectivity index (χ1v) is 6.59. The molecule has 0 spiro atoms. The third-order valence-corrected chi connectivity index (χ3v) is 3.44. The summed E-state index contributed by atoms with van der Waals surface area (Å²) in [5, 5.41) is 18.3. The largest absolute Gasteiger partial charge is 0.507 e. The van der Waals surface area contributed by atoms with Crippen molar-refractivity contribution in [2.45, 2.75) is 6.42 Å². The Bertz CT molecular complexity index is 496. The Morgan fingerprint density at radius 2 is 1.75 bits per heavy atom. The average molecular weight is 278 g/mol. The number of carbonyl (C=O) groups is 2. The zero-order valence-electron chi connectivity index (χ0n) is 11.2. The van der Waals surface area contributed by atoms with Gasteiger partial charge in [-0.25, -0.2) is 0 Å². The summed E-state index contributed by atoms with van der Waals surface area (Å²) in [5.74, 6) is -0.996. The summed E-state index contributed by atoms with van der Waals surface area (Å²) in [7, 11) is 0. The van der Waals surface area contributed by atoms with Crippen LogP contribution in [-0.4, -0.2) is 64.6 Å². The first kappa shape index (κ1) is 14.3. The van der Waals surface area contributed by atoms with E-state index in [9.17, 15) is 14.7 Å². The monoisotopic (exact) mass is 278 g/mol. The Hall–Kier alpha value is -2.08. The molecule has 20 heavy (non-hydrogen) atoms. The highest BCUT2D eigenvalue weighted by Crippen LogP contribution is 2.18. The maximum Gasteiger partial charge on any atom is 0.304 e. The van der Waals surface area contributed by atoms with E-state index < -0.39 is 5.97 Å². The molecule has 1 saturated heterocycles. The maximum absolute atomic E-state index is 12.2. The van der Waals surface area contributed by atoms with Crippen LogP contribution in [0.25, 0.3) is 0 Å². The molecular formula is C14H18N2O4. The summed E-state index contributed by atoms with van der Waals surface area (Å²) < 4.78 is 0. The third-order valence-electron chi connectivity index (χ3n) is 3.44. The zero-order valence-corrected chi connectivity index (χ0v) is 11.2. The van der Waals surface area contributed by atoms with E-state index in [-0.39, 0.29) is 18.1 Å². The SMILES string of the molecule is O=C(O)CCN1CCN(C(=O)c2ccccc2O)CC1.